The fourth-order valence-corrected chi connectivity index (χ4v) is 2.49. The van der Waals surface area contributed by atoms with Crippen LogP contribution < -0.4 is 10.5 Å². The van der Waals surface area contributed by atoms with E-state index in [4.69, 9.17) is 10.5 Å². The van der Waals surface area contributed by atoms with Crippen molar-refractivity contribution in [3.05, 3.63) is 29.8 Å². The maximum Gasteiger partial charge on any atom is 0.253 e. The molecule has 1 aliphatic rings. The molecule has 1 aromatic carbocycles. The standard InChI is InChI=1S/C15H22N2O2/c1-3-19-14-6-4-12(5-7-14)15(18)17(2)10-11-8-13(16)9-11/h4-7,11,13H,3,8-10,16H2,1-2H3. The van der Waals surface area contributed by atoms with Crippen molar-refractivity contribution in [3.63, 3.8) is 0 Å². The molecule has 0 bridgehead atoms. The van der Waals surface area contributed by atoms with E-state index in [0.717, 1.165) is 25.1 Å². The lowest BCUT2D eigenvalue weighted by atomic mass is 9.80. The lowest BCUT2D eigenvalue weighted by Gasteiger charge is -2.35. The third-order valence-electron chi connectivity index (χ3n) is 3.56. The summed E-state index contributed by atoms with van der Waals surface area (Å²) >= 11 is 0. The van der Waals surface area contributed by atoms with Gasteiger partial charge in [0.05, 0.1) is 6.61 Å². The van der Waals surface area contributed by atoms with E-state index < -0.39 is 0 Å². The average Bonchev–Trinajstić information content (AvgIpc) is 2.37. The van der Waals surface area contributed by atoms with Crippen molar-refractivity contribution in [2.45, 2.75) is 25.8 Å². The van der Waals surface area contributed by atoms with E-state index >= 15 is 0 Å². The van der Waals surface area contributed by atoms with Crippen LogP contribution in [0.25, 0.3) is 0 Å². The highest BCUT2D eigenvalue weighted by Crippen LogP contribution is 2.26. The summed E-state index contributed by atoms with van der Waals surface area (Å²) in [5.74, 6) is 1.42. The molecular formula is C15H22N2O2. The number of hydrogen-bond acceptors (Lipinski definition) is 3. The number of hydrogen-bond donors (Lipinski definition) is 1. The van der Waals surface area contributed by atoms with Gasteiger partial charge in [0.15, 0.2) is 0 Å². The van der Waals surface area contributed by atoms with Gasteiger partial charge in [-0.05, 0) is 49.9 Å². The summed E-state index contributed by atoms with van der Waals surface area (Å²) in [5, 5.41) is 0. The Labute approximate surface area is 114 Å². The zero-order chi connectivity index (χ0) is 13.8. The molecule has 4 heteroatoms. The average molecular weight is 262 g/mol. The van der Waals surface area contributed by atoms with E-state index in [0.29, 0.717) is 24.1 Å². The molecule has 0 aromatic heterocycles. The molecule has 104 valence electrons. The van der Waals surface area contributed by atoms with Crippen LogP contribution in [0.15, 0.2) is 24.3 Å². The summed E-state index contributed by atoms with van der Waals surface area (Å²) in [5.41, 5.74) is 6.46. The summed E-state index contributed by atoms with van der Waals surface area (Å²) < 4.78 is 5.37. The highest BCUT2D eigenvalue weighted by Gasteiger charge is 2.28. The Kier molecular flexibility index (Phi) is 4.43. The molecule has 0 spiro atoms. The molecule has 1 aromatic rings. The predicted octanol–water partition coefficient (Wildman–Crippen LogP) is 1.89. The van der Waals surface area contributed by atoms with Crippen molar-refractivity contribution >= 4 is 5.91 Å². The number of nitrogens with zero attached hydrogens (tertiary/aromatic N) is 1. The van der Waals surface area contributed by atoms with Crippen molar-refractivity contribution in [2.24, 2.45) is 11.7 Å². The van der Waals surface area contributed by atoms with Gasteiger partial charge in [0.25, 0.3) is 5.91 Å². The maximum atomic E-state index is 12.2. The zero-order valence-electron chi connectivity index (χ0n) is 11.6. The topological polar surface area (TPSA) is 55.6 Å². The molecule has 0 saturated heterocycles. The minimum Gasteiger partial charge on any atom is -0.494 e. The van der Waals surface area contributed by atoms with E-state index in [2.05, 4.69) is 0 Å². The zero-order valence-corrected chi connectivity index (χ0v) is 11.6. The number of carbonyl (C=O) groups excluding carboxylic acids is 1. The Morgan fingerprint density at radius 3 is 2.53 bits per heavy atom. The summed E-state index contributed by atoms with van der Waals surface area (Å²) in [6, 6.07) is 7.64. The van der Waals surface area contributed by atoms with E-state index in [-0.39, 0.29) is 5.91 Å². The van der Waals surface area contributed by atoms with Crippen LogP contribution in [-0.4, -0.2) is 37.0 Å². The van der Waals surface area contributed by atoms with Gasteiger partial charge in [-0.15, -0.1) is 0 Å². The first kappa shape index (κ1) is 13.9. The smallest absolute Gasteiger partial charge is 0.253 e. The van der Waals surface area contributed by atoms with Crippen molar-refractivity contribution < 1.29 is 9.53 Å². The molecule has 2 N–H and O–H groups in total. The Morgan fingerprint density at radius 1 is 1.37 bits per heavy atom. The predicted molar refractivity (Wildman–Crippen MR) is 75.3 cm³/mol. The molecule has 2 rings (SSSR count). The van der Waals surface area contributed by atoms with Crippen molar-refractivity contribution in [3.8, 4) is 5.75 Å². The molecule has 19 heavy (non-hydrogen) atoms. The van der Waals surface area contributed by atoms with Crippen LogP contribution in [0.1, 0.15) is 30.1 Å². The number of carbonyl (C=O) groups is 1. The van der Waals surface area contributed by atoms with Gasteiger partial charge in [0.1, 0.15) is 5.75 Å². The largest absolute Gasteiger partial charge is 0.494 e. The second kappa shape index (κ2) is 6.06. The van der Waals surface area contributed by atoms with Gasteiger partial charge in [-0.3, -0.25) is 4.79 Å². The van der Waals surface area contributed by atoms with E-state index in [1.54, 1.807) is 4.90 Å². The van der Waals surface area contributed by atoms with Gasteiger partial charge in [-0.1, -0.05) is 0 Å². The number of nitrogens with two attached hydrogens (primary N) is 1. The Balaban J connectivity index is 1.90. The monoisotopic (exact) mass is 262 g/mol. The van der Waals surface area contributed by atoms with E-state index in [1.807, 2.05) is 38.2 Å². The van der Waals surface area contributed by atoms with Gasteiger partial charge in [0, 0.05) is 25.2 Å². The van der Waals surface area contributed by atoms with E-state index in [1.165, 1.54) is 0 Å². The molecule has 1 aliphatic carbocycles. The Hall–Kier alpha value is -1.55. The molecule has 0 heterocycles. The quantitative estimate of drug-likeness (QED) is 0.881. The fourth-order valence-electron chi connectivity index (χ4n) is 2.49. The minimum atomic E-state index is 0.0588. The highest BCUT2D eigenvalue weighted by molar-refractivity contribution is 5.94. The number of amides is 1. The van der Waals surface area contributed by atoms with Crippen LogP contribution in [0, 0.1) is 5.92 Å². The van der Waals surface area contributed by atoms with Crippen LogP contribution >= 0.6 is 0 Å². The first-order valence-electron chi connectivity index (χ1n) is 6.84. The Morgan fingerprint density at radius 2 is 2.00 bits per heavy atom. The molecule has 0 atom stereocenters. The van der Waals surface area contributed by atoms with E-state index in [9.17, 15) is 4.79 Å². The van der Waals surface area contributed by atoms with Crippen LogP contribution in [0.4, 0.5) is 0 Å². The van der Waals surface area contributed by atoms with Gasteiger partial charge in [-0.25, -0.2) is 0 Å². The molecule has 4 nitrogen and oxygen atoms in total. The molecular weight excluding hydrogens is 240 g/mol. The molecule has 1 saturated carbocycles. The van der Waals surface area contributed by atoms with Crippen LogP contribution in [-0.2, 0) is 0 Å². The first-order chi connectivity index (χ1) is 9.10. The summed E-state index contributed by atoms with van der Waals surface area (Å²) in [6.45, 7) is 3.37. The molecule has 0 unspecified atom stereocenters. The van der Waals surface area contributed by atoms with Gasteiger partial charge < -0.3 is 15.4 Å². The van der Waals surface area contributed by atoms with Gasteiger partial charge in [-0.2, -0.15) is 0 Å². The fraction of sp³-hybridized carbons (Fsp3) is 0.533. The van der Waals surface area contributed by atoms with Crippen molar-refractivity contribution in [1.82, 2.24) is 4.90 Å². The third kappa shape index (κ3) is 3.47. The van der Waals surface area contributed by atoms with Gasteiger partial charge in [0.2, 0.25) is 0 Å². The molecule has 1 amide bonds. The van der Waals surface area contributed by atoms with Crippen molar-refractivity contribution in [2.75, 3.05) is 20.2 Å². The van der Waals surface area contributed by atoms with Crippen LogP contribution in [0.5, 0.6) is 5.75 Å². The summed E-state index contributed by atoms with van der Waals surface area (Å²) in [6.07, 6.45) is 2.06. The first-order valence-corrected chi connectivity index (χ1v) is 6.84. The SMILES string of the molecule is CCOc1ccc(C(=O)N(C)CC2CC(N)C2)cc1. The minimum absolute atomic E-state index is 0.0588. The van der Waals surface area contributed by atoms with Crippen LogP contribution in [0.3, 0.4) is 0 Å². The Bertz CT molecular complexity index is 424. The maximum absolute atomic E-state index is 12.2. The summed E-state index contributed by atoms with van der Waals surface area (Å²) in [4.78, 5) is 14.0. The van der Waals surface area contributed by atoms with Crippen molar-refractivity contribution in [1.29, 1.82) is 0 Å². The number of rotatable bonds is 5. The molecule has 0 radical (unpaired) electrons. The molecule has 0 aliphatic heterocycles. The van der Waals surface area contributed by atoms with Crippen LogP contribution in [0.2, 0.25) is 0 Å². The normalized spacial score (nSPS) is 21.6. The lowest BCUT2D eigenvalue weighted by molar-refractivity contribution is 0.0734. The molecule has 1 fully saturated rings. The third-order valence-corrected chi connectivity index (χ3v) is 3.56. The second-order valence-electron chi connectivity index (χ2n) is 5.24. The number of benzene rings is 1. The highest BCUT2D eigenvalue weighted by atomic mass is 16.5. The second-order valence-corrected chi connectivity index (χ2v) is 5.24. The van der Waals surface area contributed by atoms with Gasteiger partial charge >= 0.3 is 0 Å². The number of ether oxygens (including phenoxy) is 1. The lowest BCUT2D eigenvalue weighted by Crippen LogP contribution is -2.43. The summed E-state index contributed by atoms with van der Waals surface area (Å²) in [7, 11) is 1.85.